The summed E-state index contributed by atoms with van der Waals surface area (Å²) < 4.78 is 0. The van der Waals surface area contributed by atoms with Crippen LogP contribution < -0.4 is 5.73 Å². The standard InChI is InChI=1S/C12H14N2O4S/c13-10(15)6-14(7-12(17)18)11(16)8-19-9-4-2-1-3-5-9/h1-5H,6-8H2,(H2,13,15)(H,17,18). The smallest absolute Gasteiger partial charge is 0.323 e. The topological polar surface area (TPSA) is 101 Å². The second-order valence-corrected chi connectivity index (χ2v) is 4.76. The maximum Gasteiger partial charge on any atom is 0.323 e. The molecule has 0 spiro atoms. The minimum Gasteiger partial charge on any atom is -0.480 e. The molecule has 1 aromatic rings. The van der Waals surface area contributed by atoms with E-state index in [1.165, 1.54) is 11.8 Å². The number of rotatable bonds is 7. The molecule has 0 heterocycles. The largest absolute Gasteiger partial charge is 0.480 e. The van der Waals surface area contributed by atoms with Crippen LogP contribution in [0.4, 0.5) is 0 Å². The van der Waals surface area contributed by atoms with Crippen molar-refractivity contribution in [3.05, 3.63) is 30.3 Å². The lowest BCUT2D eigenvalue weighted by molar-refractivity contribution is -0.144. The predicted molar refractivity (Wildman–Crippen MR) is 70.6 cm³/mol. The Morgan fingerprint density at radius 3 is 2.32 bits per heavy atom. The van der Waals surface area contributed by atoms with E-state index in [2.05, 4.69) is 0 Å². The van der Waals surface area contributed by atoms with Crippen molar-refractivity contribution in [3.63, 3.8) is 0 Å². The Morgan fingerprint density at radius 2 is 1.79 bits per heavy atom. The van der Waals surface area contributed by atoms with Crippen molar-refractivity contribution >= 4 is 29.5 Å². The fraction of sp³-hybridized carbons (Fsp3) is 0.250. The van der Waals surface area contributed by atoms with Gasteiger partial charge in [0.25, 0.3) is 0 Å². The minimum atomic E-state index is -1.18. The maximum absolute atomic E-state index is 11.8. The fourth-order valence-electron chi connectivity index (χ4n) is 1.34. The van der Waals surface area contributed by atoms with Crippen LogP contribution in [0.25, 0.3) is 0 Å². The Bertz CT molecular complexity index is 448. The summed E-state index contributed by atoms with van der Waals surface area (Å²) in [5.74, 6) is -2.29. The molecule has 0 unspecified atom stereocenters. The van der Waals surface area contributed by atoms with Crippen molar-refractivity contribution in [1.29, 1.82) is 0 Å². The summed E-state index contributed by atoms with van der Waals surface area (Å²) in [7, 11) is 0. The molecule has 7 heteroatoms. The summed E-state index contributed by atoms with van der Waals surface area (Å²) in [4.78, 5) is 35.1. The molecule has 0 bridgehead atoms. The summed E-state index contributed by atoms with van der Waals surface area (Å²) >= 11 is 1.27. The van der Waals surface area contributed by atoms with E-state index in [0.717, 1.165) is 9.80 Å². The molecule has 1 rings (SSSR count). The number of carbonyl (C=O) groups excluding carboxylic acids is 2. The third-order valence-electron chi connectivity index (χ3n) is 2.13. The van der Waals surface area contributed by atoms with Crippen molar-refractivity contribution in [2.75, 3.05) is 18.8 Å². The first kappa shape index (κ1) is 15.0. The number of benzene rings is 1. The molecule has 6 nitrogen and oxygen atoms in total. The van der Waals surface area contributed by atoms with Gasteiger partial charge in [-0.25, -0.2) is 0 Å². The Hall–Kier alpha value is -2.02. The lowest BCUT2D eigenvalue weighted by atomic mass is 10.4. The third-order valence-corrected chi connectivity index (χ3v) is 3.13. The van der Waals surface area contributed by atoms with Crippen LogP contribution in [-0.2, 0) is 14.4 Å². The van der Waals surface area contributed by atoms with Gasteiger partial charge in [-0.15, -0.1) is 11.8 Å². The van der Waals surface area contributed by atoms with E-state index in [1.807, 2.05) is 30.3 Å². The lowest BCUT2D eigenvalue weighted by Gasteiger charge is -2.18. The van der Waals surface area contributed by atoms with Gasteiger partial charge in [-0.1, -0.05) is 18.2 Å². The van der Waals surface area contributed by atoms with Crippen LogP contribution in [0.1, 0.15) is 0 Å². The molecule has 0 aromatic heterocycles. The zero-order valence-electron chi connectivity index (χ0n) is 10.1. The molecule has 0 aliphatic rings. The minimum absolute atomic E-state index is 0.0601. The summed E-state index contributed by atoms with van der Waals surface area (Å²) in [6.45, 7) is -0.919. The Labute approximate surface area is 114 Å². The number of nitrogens with two attached hydrogens (primary N) is 1. The highest BCUT2D eigenvalue weighted by molar-refractivity contribution is 8.00. The van der Waals surface area contributed by atoms with Crippen LogP contribution in [0.2, 0.25) is 0 Å². The summed E-state index contributed by atoms with van der Waals surface area (Å²) in [6.07, 6.45) is 0. The zero-order valence-corrected chi connectivity index (χ0v) is 10.9. The predicted octanol–water partition coefficient (Wildman–Crippen LogP) is 0.177. The van der Waals surface area contributed by atoms with E-state index in [0.29, 0.717) is 0 Å². The highest BCUT2D eigenvalue weighted by Gasteiger charge is 2.18. The van der Waals surface area contributed by atoms with E-state index < -0.39 is 24.3 Å². The number of hydrogen-bond acceptors (Lipinski definition) is 4. The fourth-order valence-corrected chi connectivity index (χ4v) is 2.16. The molecule has 2 amide bonds. The number of carboxylic acids is 1. The molecule has 0 saturated heterocycles. The Morgan fingerprint density at radius 1 is 1.16 bits per heavy atom. The first-order valence-electron chi connectivity index (χ1n) is 5.44. The van der Waals surface area contributed by atoms with Gasteiger partial charge in [-0.3, -0.25) is 14.4 Å². The zero-order chi connectivity index (χ0) is 14.3. The molecule has 0 radical (unpaired) electrons. The Kier molecular flexibility index (Phi) is 5.87. The highest BCUT2D eigenvalue weighted by Crippen LogP contribution is 2.17. The van der Waals surface area contributed by atoms with E-state index in [-0.39, 0.29) is 12.3 Å². The average molecular weight is 282 g/mol. The van der Waals surface area contributed by atoms with Gasteiger partial charge in [0, 0.05) is 4.90 Å². The Balaban J connectivity index is 2.56. The number of aliphatic carboxylic acids is 1. The number of carboxylic acid groups (broad SMARTS) is 1. The molecule has 0 fully saturated rings. The molecule has 0 saturated carbocycles. The second kappa shape index (κ2) is 7.42. The van der Waals surface area contributed by atoms with E-state index in [4.69, 9.17) is 10.8 Å². The quantitative estimate of drug-likeness (QED) is 0.695. The van der Waals surface area contributed by atoms with Crippen molar-refractivity contribution in [2.24, 2.45) is 5.73 Å². The van der Waals surface area contributed by atoms with Crippen molar-refractivity contribution < 1.29 is 19.5 Å². The molecule has 0 atom stereocenters. The van der Waals surface area contributed by atoms with Crippen LogP contribution in [-0.4, -0.2) is 46.6 Å². The number of primary amides is 1. The lowest BCUT2D eigenvalue weighted by Crippen LogP contribution is -2.42. The maximum atomic E-state index is 11.8. The van der Waals surface area contributed by atoms with E-state index >= 15 is 0 Å². The van der Waals surface area contributed by atoms with Crippen LogP contribution in [0, 0.1) is 0 Å². The molecule has 1 aromatic carbocycles. The summed E-state index contributed by atoms with van der Waals surface area (Å²) in [5, 5.41) is 8.68. The molecule has 3 N–H and O–H groups in total. The van der Waals surface area contributed by atoms with Crippen molar-refractivity contribution in [1.82, 2.24) is 4.90 Å². The average Bonchev–Trinajstić information content (AvgIpc) is 2.35. The third kappa shape index (κ3) is 5.91. The van der Waals surface area contributed by atoms with Gasteiger partial charge in [0.2, 0.25) is 11.8 Å². The molecule has 0 aliphatic carbocycles. The first-order valence-corrected chi connectivity index (χ1v) is 6.43. The normalized spacial score (nSPS) is 9.89. The summed E-state index contributed by atoms with van der Waals surface area (Å²) in [5.41, 5.74) is 4.98. The first-order chi connectivity index (χ1) is 8.99. The molecule has 0 aliphatic heterocycles. The van der Waals surface area contributed by atoms with Crippen molar-refractivity contribution in [2.45, 2.75) is 4.90 Å². The number of hydrogen-bond donors (Lipinski definition) is 2. The van der Waals surface area contributed by atoms with Gasteiger partial charge >= 0.3 is 5.97 Å². The molecular weight excluding hydrogens is 268 g/mol. The van der Waals surface area contributed by atoms with Gasteiger partial charge < -0.3 is 15.7 Å². The van der Waals surface area contributed by atoms with Crippen LogP contribution in [0.3, 0.4) is 0 Å². The van der Waals surface area contributed by atoms with Gasteiger partial charge in [-0.2, -0.15) is 0 Å². The monoisotopic (exact) mass is 282 g/mol. The van der Waals surface area contributed by atoms with E-state index in [1.54, 1.807) is 0 Å². The number of thioether (sulfide) groups is 1. The van der Waals surface area contributed by atoms with Crippen LogP contribution >= 0.6 is 11.8 Å². The number of carbonyl (C=O) groups is 3. The van der Waals surface area contributed by atoms with Gasteiger partial charge in [0.1, 0.15) is 6.54 Å². The molecule has 19 heavy (non-hydrogen) atoms. The van der Waals surface area contributed by atoms with E-state index in [9.17, 15) is 14.4 Å². The van der Waals surface area contributed by atoms with Gasteiger partial charge in [0.15, 0.2) is 0 Å². The van der Waals surface area contributed by atoms with Crippen molar-refractivity contribution in [3.8, 4) is 0 Å². The summed E-state index contributed by atoms with van der Waals surface area (Å²) in [6, 6.07) is 9.22. The number of amides is 2. The SMILES string of the molecule is NC(=O)CN(CC(=O)O)C(=O)CSc1ccccc1. The van der Waals surface area contributed by atoms with Gasteiger partial charge in [0.05, 0.1) is 12.3 Å². The van der Waals surface area contributed by atoms with Gasteiger partial charge in [-0.05, 0) is 12.1 Å². The van der Waals surface area contributed by atoms with Crippen LogP contribution in [0.5, 0.6) is 0 Å². The molecular formula is C12H14N2O4S. The van der Waals surface area contributed by atoms with Crippen LogP contribution in [0.15, 0.2) is 35.2 Å². The highest BCUT2D eigenvalue weighted by atomic mass is 32.2. The molecule has 102 valence electrons. The second-order valence-electron chi connectivity index (χ2n) is 3.71. The number of nitrogens with zero attached hydrogens (tertiary/aromatic N) is 1.